The predicted molar refractivity (Wildman–Crippen MR) is 79.3 cm³/mol. The molecule has 3 N–H and O–H groups in total. The van der Waals surface area contributed by atoms with Crippen LogP contribution in [0.2, 0.25) is 5.02 Å². The average molecular weight is 344 g/mol. The van der Waals surface area contributed by atoms with Crippen molar-refractivity contribution in [3.05, 3.63) is 68.9 Å². The van der Waals surface area contributed by atoms with Crippen molar-refractivity contribution in [2.45, 2.75) is 12.5 Å². The minimum absolute atomic E-state index is 0.317. The number of nitrogens with two attached hydrogens (primary N) is 1. The molecule has 0 saturated heterocycles. The Morgan fingerprint density at radius 1 is 1.26 bits per heavy atom. The molecule has 0 radical (unpaired) electrons. The molecule has 0 aliphatic heterocycles. The summed E-state index contributed by atoms with van der Waals surface area (Å²) >= 11 is 9.31. The normalized spacial score (nSPS) is 12.4. The smallest absolute Gasteiger partial charge is 0.128 e. The molecule has 0 spiro atoms. The lowest BCUT2D eigenvalue weighted by atomic mass is 9.99. The summed E-state index contributed by atoms with van der Waals surface area (Å²) in [6, 6.07) is 12.0. The Labute approximate surface area is 124 Å². The summed E-state index contributed by atoms with van der Waals surface area (Å²) in [4.78, 5) is 0. The van der Waals surface area contributed by atoms with E-state index < -0.39 is 0 Å². The standard InChI is InChI=1S/C14H13BrClFN2/c15-10-3-1-2-9(6-10)7-14(19-18)12-8-11(16)4-5-13(12)17/h1-6,8,14,19H,7,18H2. The van der Waals surface area contributed by atoms with Gasteiger partial charge in [0.1, 0.15) is 5.82 Å². The van der Waals surface area contributed by atoms with Crippen molar-refractivity contribution in [2.24, 2.45) is 5.84 Å². The van der Waals surface area contributed by atoms with Crippen LogP contribution in [-0.4, -0.2) is 0 Å². The first-order valence-electron chi connectivity index (χ1n) is 5.75. The highest BCUT2D eigenvalue weighted by Crippen LogP contribution is 2.24. The highest BCUT2D eigenvalue weighted by atomic mass is 79.9. The van der Waals surface area contributed by atoms with Gasteiger partial charge in [-0.1, -0.05) is 39.7 Å². The first kappa shape index (κ1) is 14.5. The lowest BCUT2D eigenvalue weighted by Gasteiger charge is -2.17. The lowest BCUT2D eigenvalue weighted by Crippen LogP contribution is -2.30. The van der Waals surface area contributed by atoms with E-state index in [-0.39, 0.29) is 11.9 Å². The third-order valence-electron chi connectivity index (χ3n) is 2.86. The van der Waals surface area contributed by atoms with E-state index in [9.17, 15) is 4.39 Å². The Bertz CT molecular complexity index is 577. The predicted octanol–water partition coefficient (Wildman–Crippen LogP) is 3.99. The summed E-state index contributed by atoms with van der Waals surface area (Å²) in [5.41, 5.74) is 4.16. The molecular weight excluding hydrogens is 331 g/mol. The third kappa shape index (κ3) is 3.76. The van der Waals surface area contributed by atoms with E-state index in [0.29, 0.717) is 17.0 Å². The van der Waals surface area contributed by atoms with Crippen LogP contribution in [0.1, 0.15) is 17.2 Å². The van der Waals surface area contributed by atoms with Gasteiger partial charge in [0.15, 0.2) is 0 Å². The van der Waals surface area contributed by atoms with Crippen LogP contribution in [0.25, 0.3) is 0 Å². The van der Waals surface area contributed by atoms with E-state index in [0.717, 1.165) is 10.0 Å². The maximum Gasteiger partial charge on any atom is 0.128 e. The van der Waals surface area contributed by atoms with Gasteiger partial charge in [-0.25, -0.2) is 4.39 Å². The van der Waals surface area contributed by atoms with E-state index in [1.54, 1.807) is 6.07 Å². The zero-order valence-corrected chi connectivity index (χ0v) is 12.4. The van der Waals surface area contributed by atoms with Gasteiger partial charge in [-0.3, -0.25) is 11.3 Å². The second-order valence-corrected chi connectivity index (χ2v) is 5.57. The number of hydrazine groups is 1. The fourth-order valence-corrected chi connectivity index (χ4v) is 2.57. The van der Waals surface area contributed by atoms with E-state index >= 15 is 0 Å². The van der Waals surface area contributed by atoms with E-state index in [2.05, 4.69) is 21.4 Å². The summed E-state index contributed by atoms with van der Waals surface area (Å²) < 4.78 is 14.8. The van der Waals surface area contributed by atoms with Gasteiger partial charge in [-0.05, 0) is 42.3 Å². The van der Waals surface area contributed by atoms with Crippen molar-refractivity contribution in [3.8, 4) is 0 Å². The van der Waals surface area contributed by atoms with Crippen molar-refractivity contribution >= 4 is 27.5 Å². The molecule has 0 aliphatic rings. The Morgan fingerprint density at radius 3 is 2.74 bits per heavy atom. The molecule has 19 heavy (non-hydrogen) atoms. The van der Waals surface area contributed by atoms with Crippen LogP contribution in [0, 0.1) is 5.82 Å². The molecule has 100 valence electrons. The van der Waals surface area contributed by atoms with Gasteiger partial charge in [0.05, 0.1) is 6.04 Å². The summed E-state index contributed by atoms with van der Waals surface area (Å²) in [7, 11) is 0. The Morgan fingerprint density at radius 2 is 2.05 bits per heavy atom. The van der Waals surface area contributed by atoms with Crippen LogP contribution in [0.15, 0.2) is 46.9 Å². The van der Waals surface area contributed by atoms with Crippen LogP contribution in [0.3, 0.4) is 0 Å². The summed E-state index contributed by atoms with van der Waals surface area (Å²) in [5.74, 6) is 5.22. The topological polar surface area (TPSA) is 38.0 Å². The highest BCUT2D eigenvalue weighted by molar-refractivity contribution is 9.10. The number of benzene rings is 2. The first-order chi connectivity index (χ1) is 9.10. The third-order valence-corrected chi connectivity index (χ3v) is 3.59. The SMILES string of the molecule is NNC(Cc1cccc(Br)c1)c1cc(Cl)ccc1F. The van der Waals surface area contributed by atoms with Gasteiger partial charge >= 0.3 is 0 Å². The maximum absolute atomic E-state index is 13.8. The van der Waals surface area contributed by atoms with Crippen molar-refractivity contribution in [1.82, 2.24) is 5.43 Å². The second-order valence-electron chi connectivity index (χ2n) is 4.22. The first-order valence-corrected chi connectivity index (χ1v) is 6.93. The molecule has 0 fully saturated rings. The van der Waals surface area contributed by atoms with Gasteiger partial charge in [0.25, 0.3) is 0 Å². The Hall–Kier alpha value is -0.940. The molecule has 2 aromatic carbocycles. The molecule has 2 aromatic rings. The van der Waals surface area contributed by atoms with Crippen molar-refractivity contribution in [1.29, 1.82) is 0 Å². The Balaban J connectivity index is 2.27. The lowest BCUT2D eigenvalue weighted by molar-refractivity contribution is 0.510. The van der Waals surface area contributed by atoms with Crippen LogP contribution in [0.4, 0.5) is 4.39 Å². The van der Waals surface area contributed by atoms with Gasteiger partial charge in [-0.15, -0.1) is 0 Å². The molecule has 5 heteroatoms. The minimum atomic E-state index is -0.326. The molecule has 1 atom stereocenters. The quantitative estimate of drug-likeness (QED) is 0.651. The highest BCUT2D eigenvalue weighted by Gasteiger charge is 2.15. The number of rotatable bonds is 4. The van der Waals surface area contributed by atoms with Gasteiger partial charge < -0.3 is 0 Å². The zero-order valence-electron chi connectivity index (χ0n) is 10.0. The van der Waals surface area contributed by atoms with Crippen LogP contribution >= 0.6 is 27.5 Å². The molecule has 0 bridgehead atoms. The van der Waals surface area contributed by atoms with E-state index in [4.69, 9.17) is 17.4 Å². The van der Waals surface area contributed by atoms with Gasteiger partial charge in [0.2, 0.25) is 0 Å². The fourth-order valence-electron chi connectivity index (χ4n) is 1.94. The van der Waals surface area contributed by atoms with Gasteiger partial charge in [-0.2, -0.15) is 0 Å². The largest absolute Gasteiger partial charge is 0.271 e. The summed E-state index contributed by atoms with van der Waals surface area (Å²) in [5, 5.41) is 0.492. The molecule has 0 amide bonds. The van der Waals surface area contributed by atoms with E-state index in [1.165, 1.54) is 12.1 Å². The van der Waals surface area contributed by atoms with Crippen LogP contribution in [0.5, 0.6) is 0 Å². The fraction of sp³-hybridized carbons (Fsp3) is 0.143. The van der Waals surface area contributed by atoms with Crippen LogP contribution in [-0.2, 0) is 6.42 Å². The van der Waals surface area contributed by atoms with Crippen molar-refractivity contribution in [2.75, 3.05) is 0 Å². The molecule has 2 nitrogen and oxygen atoms in total. The summed E-state index contributed by atoms with van der Waals surface area (Å²) in [6.45, 7) is 0. The average Bonchev–Trinajstić information content (AvgIpc) is 2.39. The zero-order chi connectivity index (χ0) is 13.8. The summed E-state index contributed by atoms with van der Waals surface area (Å²) in [6.07, 6.45) is 0.577. The second kappa shape index (κ2) is 6.48. The van der Waals surface area contributed by atoms with Gasteiger partial charge in [0, 0.05) is 15.1 Å². The maximum atomic E-state index is 13.8. The Kier molecular flexibility index (Phi) is 4.93. The molecule has 2 rings (SSSR count). The molecule has 0 aliphatic carbocycles. The molecule has 0 saturated carbocycles. The monoisotopic (exact) mass is 342 g/mol. The number of hydrogen-bond acceptors (Lipinski definition) is 2. The van der Waals surface area contributed by atoms with Crippen LogP contribution < -0.4 is 11.3 Å². The van der Waals surface area contributed by atoms with E-state index in [1.807, 2.05) is 24.3 Å². The number of halogens is 3. The number of hydrogen-bond donors (Lipinski definition) is 2. The number of nitrogens with one attached hydrogen (secondary N) is 1. The van der Waals surface area contributed by atoms with Crippen molar-refractivity contribution in [3.63, 3.8) is 0 Å². The molecule has 0 aromatic heterocycles. The molecule has 1 unspecified atom stereocenters. The molecular formula is C14H13BrClFN2. The van der Waals surface area contributed by atoms with Crippen molar-refractivity contribution < 1.29 is 4.39 Å². The minimum Gasteiger partial charge on any atom is -0.271 e. The molecule has 0 heterocycles.